The molecule has 0 aliphatic heterocycles. The molecule has 7 nitrogen and oxygen atoms in total. The molecule has 0 saturated carbocycles. The lowest BCUT2D eigenvalue weighted by molar-refractivity contribution is -0.122. The maximum Gasteiger partial charge on any atom is 0.413 e. The van der Waals surface area contributed by atoms with Crippen LogP contribution in [0.1, 0.15) is 17.3 Å². The second-order valence-electron chi connectivity index (χ2n) is 3.39. The predicted octanol–water partition coefficient (Wildman–Crippen LogP) is 1.04. The Morgan fingerprint density at radius 1 is 1.32 bits per heavy atom. The van der Waals surface area contributed by atoms with Crippen LogP contribution < -0.4 is 10.1 Å². The number of hydrogen-bond donors (Lipinski definition) is 2. The Morgan fingerprint density at radius 2 is 2.05 bits per heavy atom. The summed E-state index contributed by atoms with van der Waals surface area (Å²) in [7, 11) is 0. The van der Waals surface area contributed by atoms with E-state index in [1.54, 1.807) is 6.92 Å². The third kappa shape index (κ3) is 5.07. The number of nitrogens with one attached hydrogen (secondary N) is 1. The molecule has 0 saturated heterocycles. The average Bonchev–Trinajstić information content (AvgIpc) is 2.37. The first kappa shape index (κ1) is 14.5. The molecule has 2 N–H and O–H groups in total. The van der Waals surface area contributed by atoms with Gasteiger partial charge in [0.05, 0.1) is 12.2 Å². The smallest absolute Gasteiger partial charge is 0.413 e. The number of benzene rings is 1. The molecule has 1 aromatic rings. The zero-order chi connectivity index (χ0) is 14.3. The molecule has 0 bridgehead atoms. The largest absolute Gasteiger partial charge is 0.484 e. The van der Waals surface area contributed by atoms with Crippen molar-refractivity contribution in [3.63, 3.8) is 0 Å². The van der Waals surface area contributed by atoms with Gasteiger partial charge in [0.15, 0.2) is 6.61 Å². The molecule has 0 aliphatic carbocycles. The number of carboxylic acid groups (broad SMARTS) is 1. The Morgan fingerprint density at radius 3 is 2.68 bits per heavy atom. The SMILES string of the molecule is CCOC(=O)NC(=O)COc1cccc(C(=O)O)c1. The summed E-state index contributed by atoms with van der Waals surface area (Å²) in [5, 5.41) is 10.7. The van der Waals surface area contributed by atoms with E-state index in [2.05, 4.69) is 4.74 Å². The minimum absolute atomic E-state index is 0.0447. The van der Waals surface area contributed by atoms with Crippen LogP contribution >= 0.6 is 0 Å². The molecule has 0 spiro atoms. The fourth-order valence-corrected chi connectivity index (χ4v) is 1.18. The number of alkyl carbamates (subject to hydrolysis) is 1. The highest BCUT2D eigenvalue weighted by molar-refractivity contribution is 5.92. The molecule has 0 unspecified atom stereocenters. The molecule has 1 aromatic carbocycles. The lowest BCUT2D eigenvalue weighted by Crippen LogP contribution is -2.34. The summed E-state index contributed by atoms with van der Waals surface area (Å²) in [6.45, 7) is 1.35. The van der Waals surface area contributed by atoms with E-state index in [1.807, 2.05) is 5.32 Å². The van der Waals surface area contributed by atoms with Crippen LogP contribution in [0.3, 0.4) is 0 Å². The molecule has 2 amide bonds. The van der Waals surface area contributed by atoms with Gasteiger partial charge >= 0.3 is 12.1 Å². The highest BCUT2D eigenvalue weighted by Gasteiger charge is 2.09. The number of imide groups is 1. The van der Waals surface area contributed by atoms with Crippen molar-refractivity contribution in [3.05, 3.63) is 29.8 Å². The second kappa shape index (κ2) is 7.00. The van der Waals surface area contributed by atoms with E-state index in [-0.39, 0.29) is 17.9 Å². The van der Waals surface area contributed by atoms with Crippen LogP contribution in [-0.2, 0) is 9.53 Å². The van der Waals surface area contributed by atoms with Gasteiger partial charge in [-0.05, 0) is 25.1 Å². The highest BCUT2D eigenvalue weighted by Crippen LogP contribution is 2.12. The number of aromatic carboxylic acids is 1. The van der Waals surface area contributed by atoms with Crippen LogP contribution in [0.25, 0.3) is 0 Å². The summed E-state index contributed by atoms with van der Waals surface area (Å²) in [5.74, 6) is -1.56. The predicted molar refractivity (Wildman–Crippen MR) is 64.1 cm³/mol. The number of carboxylic acids is 1. The topological polar surface area (TPSA) is 102 Å². The van der Waals surface area contributed by atoms with Gasteiger partial charge in [-0.15, -0.1) is 0 Å². The zero-order valence-electron chi connectivity index (χ0n) is 10.2. The molecule has 0 atom stereocenters. The van der Waals surface area contributed by atoms with Crippen LogP contribution in [0.15, 0.2) is 24.3 Å². The molecule has 0 heterocycles. The van der Waals surface area contributed by atoms with Gasteiger partial charge in [0.1, 0.15) is 5.75 Å². The highest BCUT2D eigenvalue weighted by atomic mass is 16.5. The Kier molecular flexibility index (Phi) is 5.34. The summed E-state index contributed by atoms with van der Waals surface area (Å²) in [4.78, 5) is 32.9. The molecule has 102 valence electrons. The lowest BCUT2D eigenvalue weighted by atomic mass is 10.2. The van der Waals surface area contributed by atoms with Gasteiger partial charge in [0.25, 0.3) is 5.91 Å². The van der Waals surface area contributed by atoms with E-state index in [0.29, 0.717) is 0 Å². The van der Waals surface area contributed by atoms with Crippen molar-refractivity contribution in [2.75, 3.05) is 13.2 Å². The number of ether oxygens (including phenoxy) is 2. The Labute approximate surface area is 109 Å². The van der Waals surface area contributed by atoms with Gasteiger partial charge in [-0.1, -0.05) is 6.07 Å². The molecule has 19 heavy (non-hydrogen) atoms. The second-order valence-corrected chi connectivity index (χ2v) is 3.39. The summed E-state index contributed by atoms with van der Waals surface area (Å²) in [6, 6.07) is 5.67. The summed E-state index contributed by atoms with van der Waals surface area (Å²) < 4.78 is 9.57. The fourth-order valence-electron chi connectivity index (χ4n) is 1.18. The van der Waals surface area contributed by atoms with E-state index >= 15 is 0 Å². The number of rotatable bonds is 5. The first-order valence-corrected chi connectivity index (χ1v) is 5.45. The number of amides is 2. The summed E-state index contributed by atoms with van der Waals surface area (Å²) in [6.07, 6.45) is -0.851. The quantitative estimate of drug-likeness (QED) is 0.826. The Bertz CT molecular complexity index is 485. The zero-order valence-corrected chi connectivity index (χ0v) is 10.2. The number of hydrogen-bond acceptors (Lipinski definition) is 5. The molecule has 7 heteroatoms. The van der Waals surface area contributed by atoms with Gasteiger partial charge in [0, 0.05) is 0 Å². The monoisotopic (exact) mass is 267 g/mol. The lowest BCUT2D eigenvalue weighted by Gasteiger charge is -2.07. The third-order valence-electron chi connectivity index (χ3n) is 1.97. The van der Waals surface area contributed by atoms with Crippen molar-refractivity contribution in [2.24, 2.45) is 0 Å². The van der Waals surface area contributed by atoms with Crippen LogP contribution in [0.5, 0.6) is 5.75 Å². The van der Waals surface area contributed by atoms with Crippen molar-refractivity contribution in [1.82, 2.24) is 5.32 Å². The van der Waals surface area contributed by atoms with Crippen LogP contribution in [0, 0.1) is 0 Å². The van der Waals surface area contributed by atoms with Crippen LogP contribution in [0.2, 0.25) is 0 Å². The van der Waals surface area contributed by atoms with Crippen molar-refractivity contribution in [3.8, 4) is 5.75 Å². The van der Waals surface area contributed by atoms with Crippen molar-refractivity contribution >= 4 is 18.0 Å². The molecule has 1 rings (SSSR count). The van der Waals surface area contributed by atoms with E-state index < -0.39 is 24.6 Å². The average molecular weight is 267 g/mol. The van der Waals surface area contributed by atoms with Gasteiger partial charge < -0.3 is 14.6 Å². The first-order valence-electron chi connectivity index (χ1n) is 5.45. The molecule has 0 aromatic heterocycles. The van der Waals surface area contributed by atoms with Crippen molar-refractivity contribution in [1.29, 1.82) is 0 Å². The van der Waals surface area contributed by atoms with Gasteiger partial charge in [-0.3, -0.25) is 10.1 Å². The molecule has 0 aliphatic rings. The summed E-state index contributed by atoms with van der Waals surface area (Å²) in [5.41, 5.74) is 0.0447. The van der Waals surface area contributed by atoms with E-state index in [1.165, 1.54) is 24.3 Å². The summed E-state index contributed by atoms with van der Waals surface area (Å²) >= 11 is 0. The maximum atomic E-state index is 11.3. The van der Waals surface area contributed by atoms with Crippen molar-refractivity contribution in [2.45, 2.75) is 6.92 Å². The van der Waals surface area contributed by atoms with Crippen molar-refractivity contribution < 1.29 is 29.0 Å². The van der Waals surface area contributed by atoms with E-state index in [4.69, 9.17) is 9.84 Å². The normalized spacial score (nSPS) is 9.53. The van der Waals surface area contributed by atoms with Crippen LogP contribution in [-0.4, -0.2) is 36.3 Å². The van der Waals surface area contributed by atoms with E-state index in [9.17, 15) is 14.4 Å². The fraction of sp³-hybridized carbons (Fsp3) is 0.250. The maximum absolute atomic E-state index is 11.3. The minimum Gasteiger partial charge on any atom is -0.484 e. The van der Waals surface area contributed by atoms with Crippen LogP contribution in [0.4, 0.5) is 4.79 Å². The van der Waals surface area contributed by atoms with E-state index in [0.717, 1.165) is 0 Å². The standard InChI is InChI=1S/C12H13NO6/c1-2-18-12(17)13-10(14)7-19-9-5-3-4-8(6-9)11(15)16/h3-6H,2,7H2,1H3,(H,15,16)(H,13,14,17). The first-order chi connectivity index (χ1) is 9.02. The third-order valence-corrected chi connectivity index (χ3v) is 1.97. The molecular formula is C12H13NO6. The van der Waals surface area contributed by atoms with Gasteiger partial charge in [0.2, 0.25) is 0 Å². The molecular weight excluding hydrogens is 254 g/mol. The van der Waals surface area contributed by atoms with Gasteiger partial charge in [-0.2, -0.15) is 0 Å². The van der Waals surface area contributed by atoms with Gasteiger partial charge in [-0.25, -0.2) is 9.59 Å². The Hall–Kier alpha value is -2.57. The number of carbonyl (C=O) groups is 3. The minimum atomic E-state index is -1.10. The molecule has 0 radical (unpaired) electrons. The number of carbonyl (C=O) groups excluding carboxylic acids is 2. The Balaban J connectivity index is 2.48. The molecule has 0 fully saturated rings.